The summed E-state index contributed by atoms with van der Waals surface area (Å²) in [4.78, 5) is 31.6. The smallest absolute Gasteiger partial charge is 0.246 e. The highest BCUT2D eigenvalue weighted by molar-refractivity contribution is 6.02. The molecule has 17 heavy (non-hydrogen) atoms. The summed E-state index contributed by atoms with van der Waals surface area (Å²) in [6.07, 6.45) is 0. The molecular weight excluding hydrogens is 226 g/mol. The van der Waals surface area contributed by atoms with Crippen molar-refractivity contribution in [3.8, 4) is 0 Å². The monoisotopic (exact) mass is 237 g/mol. The third-order valence-corrected chi connectivity index (χ3v) is 2.15. The van der Waals surface area contributed by atoms with Crippen LogP contribution in [-0.2, 0) is 9.59 Å². The van der Waals surface area contributed by atoms with Crippen LogP contribution in [0.15, 0.2) is 6.07 Å². The number of anilines is 3. The van der Waals surface area contributed by atoms with Gasteiger partial charge < -0.3 is 16.1 Å². The molecule has 1 aromatic heterocycles. The molecule has 0 unspecified atom stereocenters. The maximum absolute atomic E-state index is 11.2. The predicted molar refractivity (Wildman–Crippen MR) is 59.6 cm³/mol. The first-order valence-corrected chi connectivity index (χ1v) is 4.77. The summed E-state index contributed by atoms with van der Waals surface area (Å²) in [7, 11) is 0. The molecule has 1 aliphatic heterocycles. The summed E-state index contributed by atoms with van der Waals surface area (Å²) in [5, 5.41) is 2.19. The van der Waals surface area contributed by atoms with Crippen LogP contribution in [0.1, 0.15) is 0 Å². The largest absolute Gasteiger partial charge is 0.368 e. The second-order valence-corrected chi connectivity index (χ2v) is 3.44. The molecule has 9 heteroatoms. The van der Waals surface area contributed by atoms with Crippen molar-refractivity contribution in [2.75, 3.05) is 29.1 Å². The van der Waals surface area contributed by atoms with Crippen LogP contribution in [0.25, 0.3) is 0 Å². The zero-order chi connectivity index (χ0) is 12.4. The number of aromatic nitrogens is 2. The van der Waals surface area contributed by atoms with Gasteiger partial charge in [0, 0.05) is 6.07 Å². The molecule has 90 valence electrons. The lowest BCUT2D eigenvalue weighted by Crippen LogP contribution is -2.51. The van der Waals surface area contributed by atoms with Crippen LogP contribution >= 0.6 is 0 Å². The molecule has 2 amide bonds. The molecule has 0 saturated carbocycles. The van der Waals surface area contributed by atoms with Gasteiger partial charge in [-0.25, -0.2) is 5.84 Å². The van der Waals surface area contributed by atoms with Crippen molar-refractivity contribution in [1.82, 2.24) is 15.3 Å². The van der Waals surface area contributed by atoms with Crippen molar-refractivity contribution in [2.24, 2.45) is 5.84 Å². The predicted octanol–water partition coefficient (Wildman–Crippen LogP) is -2.19. The number of amides is 2. The van der Waals surface area contributed by atoms with E-state index in [-0.39, 0.29) is 30.9 Å². The van der Waals surface area contributed by atoms with Crippen LogP contribution in [0.5, 0.6) is 0 Å². The minimum absolute atomic E-state index is 0.00822. The lowest BCUT2D eigenvalue weighted by molar-refractivity contribution is -0.130. The molecule has 0 bridgehead atoms. The molecule has 0 aliphatic carbocycles. The first-order chi connectivity index (χ1) is 8.08. The molecule has 0 radical (unpaired) electrons. The van der Waals surface area contributed by atoms with Crippen LogP contribution in [-0.4, -0.2) is 34.9 Å². The molecule has 9 nitrogen and oxygen atoms in total. The molecule has 0 spiro atoms. The average molecular weight is 237 g/mol. The van der Waals surface area contributed by atoms with Gasteiger partial charge in [-0.2, -0.15) is 9.97 Å². The zero-order valence-corrected chi connectivity index (χ0v) is 8.80. The number of hydrogen-bond acceptors (Lipinski definition) is 8. The SMILES string of the molecule is NNc1cc(N2CC(=O)NC(=O)C2)nc(N)n1. The van der Waals surface area contributed by atoms with Crippen LogP contribution in [0.2, 0.25) is 0 Å². The van der Waals surface area contributed by atoms with Gasteiger partial charge in [-0.15, -0.1) is 0 Å². The first kappa shape index (κ1) is 11.1. The van der Waals surface area contributed by atoms with Crippen LogP contribution in [0.3, 0.4) is 0 Å². The van der Waals surface area contributed by atoms with Crippen LogP contribution < -0.4 is 27.2 Å². The second-order valence-electron chi connectivity index (χ2n) is 3.44. The summed E-state index contributed by atoms with van der Waals surface area (Å²) >= 11 is 0. The molecule has 1 fully saturated rings. The minimum atomic E-state index is -0.388. The average Bonchev–Trinajstić information content (AvgIpc) is 2.26. The summed E-state index contributed by atoms with van der Waals surface area (Å²) < 4.78 is 0. The highest BCUT2D eigenvalue weighted by atomic mass is 16.2. The van der Waals surface area contributed by atoms with E-state index in [9.17, 15) is 9.59 Å². The summed E-state index contributed by atoms with van der Waals surface area (Å²) in [6.45, 7) is 0.0679. The minimum Gasteiger partial charge on any atom is -0.368 e. The number of carbonyl (C=O) groups excluding carboxylic acids is 2. The molecule has 0 aromatic carbocycles. The lowest BCUT2D eigenvalue weighted by Gasteiger charge is -2.26. The van der Waals surface area contributed by atoms with E-state index >= 15 is 0 Å². The zero-order valence-electron chi connectivity index (χ0n) is 8.80. The van der Waals surface area contributed by atoms with Crippen molar-refractivity contribution < 1.29 is 9.59 Å². The van der Waals surface area contributed by atoms with Gasteiger partial charge in [-0.1, -0.05) is 0 Å². The Morgan fingerprint density at radius 1 is 1.29 bits per heavy atom. The fraction of sp³-hybridized carbons (Fsp3) is 0.250. The Bertz CT molecular complexity index is 459. The van der Waals surface area contributed by atoms with E-state index in [2.05, 4.69) is 20.7 Å². The van der Waals surface area contributed by atoms with Crippen molar-refractivity contribution in [1.29, 1.82) is 0 Å². The molecule has 1 saturated heterocycles. The van der Waals surface area contributed by atoms with Gasteiger partial charge in [0.1, 0.15) is 11.6 Å². The lowest BCUT2D eigenvalue weighted by atomic mass is 10.3. The Kier molecular flexibility index (Phi) is 2.75. The van der Waals surface area contributed by atoms with E-state index in [0.29, 0.717) is 11.6 Å². The van der Waals surface area contributed by atoms with E-state index in [1.165, 1.54) is 11.0 Å². The van der Waals surface area contributed by atoms with Gasteiger partial charge in [0.15, 0.2) is 0 Å². The van der Waals surface area contributed by atoms with Crippen molar-refractivity contribution >= 4 is 29.4 Å². The Morgan fingerprint density at radius 2 is 1.94 bits per heavy atom. The molecule has 0 atom stereocenters. The number of nitrogens with one attached hydrogen (secondary N) is 2. The number of hydrazine groups is 1. The van der Waals surface area contributed by atoms with Gasteiger partial charge in [0.25, 0.3) is 0 Å². The second kappa shape index (κ2) is 4.22. The quantitative estimate of drug-likeness (QED) is 0.258. The van der Waals surface area contributed by atoms with E-state index in [0.717, 1.165) is 0 Å². The van der Waals surface area contributed by atoms with Gasteiger partial charge in [0.05, 0.1) is 13.1 Å². The Hall–Kier alpha value is -2.42. The van der Waals surface area contributed by atoms with Crippen molar-refractivity contribution in [2.45, 2.75) is 0 Å². The molecule has 2 rings (SSSR count). The third-order valence-electron chi connectivity index (χ3n) is 2.15. The fourth-order valence-electron chi connectivity index (χ4n) is 1.49. The number of nitrogens with two attached hydrogens (primary N) is 2. The highest BCUT2D eigenvalue weighted by Gasteiger charge is 2.24. The summed E-state index contributed by atoms with van der Waals surface area (Å²) in [5.41, 5.74) is 7.81. The number of imide groups is 1. The van der Waals surface area contributed by atoms with Gasteiger partial charge in [0.2, 0.25) is 17.8 Å². The maximum Gasteiger partial charge on any atom is 0.246 e. The molecular formula is C8H11N7O2. The number of hydrogen-bond donors (Lipinski definition) is 4. The molecule has 1 aliphatic rings. The standard InChI is InChI=1S/C8H11N7O2/c9-8-11-4(14-10)1-5(12-8)15-2-6(16)13-7(17)3-15/h1H,2-3,10H2,(H,13,16,17)(H3,9,11,12,14). The Labute approximate surface area is 96.2 Å². The topological polar surface area (TPSA) is 139 Å². The van der Waals surface area contributed by atoms with Crippen LogP contribution in [0.4, 0.5) is 17.6 Å². The van der Waals surface area contributed by atoms with Crippen LogP contribution in [0, 0.1) is 0 Å². The molecule has 6 N–H and O–H groups in total. The number of piperazine rings is 1. The maximum atomic E-state index is 11.2. The normalized spacial score (nSPS) is 15.7. The van der Waals surface area contributed by atoms with E-state index in [4.69, 9.17) is 11.6 Å². The molecule has 2 heterocycles. The Balaban J connectivity index is 2.29. The number of nitrogen functional groups attached to an aromatic ring is 2. The molecule has 1 aromatic rings. The number of nitrogens with zero attached hydrogens (tertiary/aromatic N) is 3. The summed E-state index contributed by atoms with van der Waals surface area (Å²) in [5.74, 6) is 5.12. The van der Waals surface area contributed by atoms with Gasteiger partial charge >= 0.3 is 0 Å². The van der Waals surface area contributed by atoms with E-state index in [1.54, 1.807) is 0 Å². The van der Waals surface area contributed by atoms with E-state index < -0.39 is 0 Å². The summed E-state index contributed by atoms with van der Waals surface area (Å²) in [6, 6.07) is 1.50. The third kappa shape index (κ3) is 2.39. The number of carbonyl (C=O) groups is 2. The van der Waals surface area contributed by atoms with E-state index in [1.807, 2.05) is 0 Å². The van der Waals surface area contributed by atoms with Gasteiger partial charge in [-0.05, 0) is 0 Å². The first-order valence-electron chi connectivity index (χ1n) is 4.77. The Morgan fingerprint density at radius 3 is 2.53 bits per heavy atom. The fourth-order valence-corrected chi connectivity index (χ4v) is 1.49. The van der Waals surface area contributed by atoms with Crippen molar-refractivity contribution in [3.05, 3.63) is 6.07 Å². The highest BCUT2D eigenvalue weighted by Crippen LogP contribution is 2.16. The van der Waals surface area contributed by atoms with Gasteiger partial charge in [-0.3, -0.25) is 14.9 Å². The number of rotatable bonds is 2. The van der Waals surface area contributed by atoms with Crippen molar-refractivity contribution in [3.63, 3.8) is 0 Å².